The van der Waals surface area contributed by atoms with Gasteiger partial charge in [0.2, 0.25) is 0 Å². The van der Waals surface area contributed by atoms with Crippen LogP contribution in [0.1, 0.15) is 157 Å². The zero-order chi connectivity index (χ0) is 59.2. The molecule has 448 valence electrons. The Morgan fingerprint density at radius 3 is 1.06 bits per heavy atom. The average molecular weight is 1150 g/mol. The second-order valence-electron chi connectivity index (χ2n) is 20.4. The number of carbonyl (C=O) groups is 10. The summed E-state index contributed by atoms with van der Waals surface area (Å²) >= 11 is 0. The lowest BCUT2D eigenvalue weighted by molar-refractivity contribution is -0.152. The SMILES string of the molecule is C=CC(=O)OCCCCOC(=O)C1CCC(C(=O)Oc2ccc(OC(=O)C3CCC(C(=O)Oc4ccc(OC(=O)C5CCC(C(=O)OCCCCOC(=O)C=C)CC5)c(C(=O)OCCOCCC)c4)CC3)cc2C(=O)OCCCC)CC1. The predicted molar refractivity (Wildman–Crippen MR) is 291 cm³/mol. The molecule has 0 heterocycles. The Hall–Kier alpha value is -7.42. The van der Waals surface area contributed by atoms with E-state index in [0.717, 1.165) is 25.0 Å². The molecule has 82 heavy (non-hydrogen) atoms. The van der Waals surface area contributed by atoms with Gasteiger partial charge in [-0.1, -0.05) is 33.4 Å². The molecule has 0 spiro atoms. The molecule has 0 unspecified atom stereocenters. The summed E-state index contributed by atoms with van der Waals surface area (Å²) in [6.07, 6.45) is 10.4. The lowest BCUT2D eigenvalue weighted by atomic mass is 9.82. The second kappa shape index (κ2) is 35.4. The summed E-state index contributed by atoms with van der Waals surface area (Å²) in [7, 11) is 0. The van der Waals surface area contributed by atoms with Crippen molar-refractivity contribution in [2.24, 2.45) is 35.5 Å². The maximum atomic E-state index is 13.6. The van der Waals surface area contributed by atoms with Crippen LogP contribution in [0.2, 0.25) is 0 Å². The van der Waals surface area contributed by atoms with Gasteiger partial charge in [-0.15, -0.1) is 0 Å². The van der Waals surface area contributed by atoms with Crippen LogP contribution in [0, 0.1) is 35.5 Å². The van der Waals surface area contributed by atoms with E-state index in [1.807, 2.05) is 13.8 Å². The van der Waals surface area contributed by atoms with E-state index in [-0.39, 0.29) is 124 Å². The first-order valence-electron chi connectivity index (χ1n) is 28.6. The first-order valence-corrected chi connectivity index (χ1v) is 28.6. The van der Waals surface area contributed by atoms with Crippen LogP contribution >= 0.6 is 0 Å². The lowest BCUT2D eigenvalue weighted by Crippen LogP contribution is -2.30. The Morgan fingerprint density at radius 2 is 0.707 bits per heavy atom. The summed E-state index contributed by atoms with van der Waals surface area (Å²) in [6.45, 7) is 11.9. The van der Waals surface area contributed by atoms with Crippen molar-refractivity contribution in [3.8, 4) is 23.0 Å². The first kappa shape index (κ1) is 65.4. The van der Waals surface area contributed by atoms with Crippen molar-refractivity contribution in [2.75, 3.05) is 52.9 Å². The molecule has 5 rings (SSSR count). The van der Waals surface area contributed by atoms with Gasteiger partial charge in [-0.25, -0.2) is 19.2 Å². The highest BCUT2D eigenvalue weighted by molar-refractivity contribution is 5.95. The topological polar surface area (TPSA) is 272 Å². The quantitative estimate of drug-likeness (QED) is 0.0217. The van der Waals surface area contributed by atoms with Crippen LogP contribution in [0.4, 0.5) is 0 Å². The number of carbonyl (C=O) groups excluding carboxylic acids is 10. The fraction of sp³-hybridized carbons (Fsp3) is 0.574. The molecule has 0 amide bonds. The van der Waals surface area contributed by atoms with Crippen molar-refractivity contribution < 1.29 is 100 Å². The summed E-state index contributed by atoms with van der Waals surface area (Å²) in [6, 6.07) is 8.07. The van der Waals surface area contributed by atoms with E-state index in [4.69, 9.17) is 52.1 Å². The van der Waals surface area contributed by atoms with Gasteiger partial charge in [-0.3, -0.25) is 28.8 Å². The van der Waals surface area contributed by atoms with E-state index in [1.54, 1.807) is 0 Å². The standard InChI is InChI=1S/C61H78O21/c1-5-9-31-77-60(70)48-38-46(26-28-50(48)81-58(68)44-18-14-40(15-19-44)54(64)75-34-12-10-32-73-52(62)7-3)79-56(66)42-22-24-43(25-23-42)57(67)80-47-27-29-51(49(39-47)61(71)78-37-36-72-30-6-2)82-59(69)45-20-16-41(17-21-45)55(65)76-35-13-11-33-74-53(63)8-4/h7-8,26-29,38-45H,3-6,9-25,30-37H2,1-2H3. The number of hydrogen-bond donors (Lipinski definition) is 0. The van der Waals surface area contributed by atoms with Gasteiger partial charge in [-0.05, 0) is 152 Å². The molecule has 0 N–H and O–H groups in total. The zero-order valence-electron chi connectivity index (χ0n) is 47.2. The van der Waals surface area contributed by atoms with E-state index >= 15 is 0 Å². The van der Waals surface area contributed by atoms with E-state index in [2.05, 4.69) is 13.2 Å². The number of benzene rings is 2. The Balaban J connectivity index is 1.12. The molecule has 3 aliphatic carbocycles. The summed E-state index contributed by atoms with van der Waals surface area (Å²) in [5.74, 6) is -9.04. The zero-order valence-corrected chi connectivity index (χ0v) is 47.2. The third kappa shape index (κ3) is 21.8. The third-order valence-corrected chi connectivity index (χ3v) is 14.3. The summed E-state index contributed by atoms with van der Waals surface area (Å²) in [4.78, 5) is 129. The molecule has 3 saturated carbocycles. The molecule has 0 aliphatic heterocycles. The summed E-state index contributed by atoms with van der Waals surface area (Å²) in [5, 5.41) is 0. The highest BCUT2D eigenvalue weighted by Gasteiger charge is 2.36. The molecule has 3 fully saturated rings. The Morgan fingerprint density at radius 1 is 0.378 bits per heavy atom. The number of unbranched alkanes of at least 4 members (excludes halogenated alkanes) is 3. The van der Waals surface area contributed by atoms with Gasteiger partial charge in [-0.2, -0.15) is 0 Å². The molecule has 2 aromatic carbocycles. The van der Waals surface area contributed by atoms with Crippen molar-refractivity contribution in [1.82, 2.24) is 0 Å². The third-order valence-electron chi connectivity index (χ3n) is 14.3. The Labute approximate surface area is 478 Å². The smallest absolute Gasteiger partial charge is 0.342 e. The van der Waals surface area contributed by atoms with Gasteiger partial charge in [0.25, 0.3) is 0 Å². The molecular formula is C61H78O21. The summed E-state index contributed by atoms with van der Waals surface area (Å²) < 4.78 is 60.0. The molecule has 0 atom stereocenters. The number of rotatable bonds is 32. The largest absolute Gasteiger partial charge is 0.465 e. The molecule has 21 nitrogen and oxygen atoms in total. The minimum atomic E-state index is -0.839. The van der Waals surface area contributed by atoms with Crippen LogP contribution in [0.5, 0.6) is 23.0 Å². The normalized spacial score (nSPS) is 19.4. The molecular weight excluding hydrogens is 1070 g/mol. The second-order valence-corrected chi connectivity index (χ2v) is 20.4. The molecule has 3 aliphatic rings. The van der Waals surface area contributed by atoms with Gasteiger partial charge in [0.05, 0.1) is 75.1 Å². The molecule has 0 saturated heterocycles. The van der Waals surface area contributed by atoms with E-state index in [1.165, 1.54) is 36.4 Å². The van der Waals surface area contributed by atoms with E-state index in [9.17, 15) is 47.9 Å². The number of ether oxygens (including phenoxy) is 11. The van der Waals surface area contributed by atoms with E-state index in [0.29, 0.717) is 90.1 Å². The van der Waals surface area contributed by atoms with Crippen molar-refractivity contribution in [2.45, 2.75) is 136 Å². The minimum Gasteiger partial charge on any atom is -0.465 e. The van der Waals surface area contributed by atoms with Crippen molar-refractivity contribution >= 4 is 59.7 Å². The van der Waals surface area contributed by atoms with Gasteiger partial charge in [0, 0.05) is 18.8 Å². The average Bonchev–Trinajstić information content (AvgIpc) is 3.63. The highest BCUT2D eigenvalue weighted by Crippen LogP contribution is 2.37. The van der Waals surface area contributed by atoms with Gasteiger partial charge in [0.1, 0.15) is 40.7 Å². The van der Waals surface area contributed by atoms with Crippen LogP contribution in [0.25, 0.3) is 0 Å². The van der Waals surface area contributed by atoms with Gasteiger partial charge < -0.3 is 52.1 Å². The highest BCUT2D eigenvalue weighted by atomic mass is 16.6. The van der Waals surface area contributed by atoms with Gasteiger partial charge in [0.15, 0.2) is 0 Å². The molecule has 0 bridgehead atoms. The van der Waals surface area contributed by atoms with Crippen LogP contribution in [-0.2, 0) is 71.5 Å². The Kier molecular flexibility index (Phi) is 28.3. The minimum absolute atomic E-state index is 0.00369. The van der Waals surface area contributed by atoms with Crippen molar-refractivity contribution in [1.29, 1.82) is 0 Å². The van der Waals surface area contributed by atoms with E-state index < -0.39 is 77.3 Å². The fourth-order valence-corrected chi connectivity index (χ4v) is 9.48. The van der Waals surface area contributed by atoms with Crippen molar-refractivity contribution in [3.63, 3.8) is 0 Å². The molecule has 21 heteroatoms. The predicted octanol–water partition coefficient (Wildman–Crippen LogP) is 9.07. The van der Waals surface area contributed by atoms with Crippen LogP contribution < -0.4 is 18.9 Å². The van der Waals surface area contributed by atoms with Gasteiger partial charge >= 0.3 is 59.7 Å². The summed E-state index contributed by atoms with van der Waals surface area (Å²) in [5.41, 5.74) is -0.271. The Bertz CT molecular complexity index is 2510. The molecule has 2 aromatic rings. The van der Waals surface area contributed by atoms with Crippen LogP contribution in [0.15, 0.2) is 61.7 Å². The van der Waals surface area contributed by atoms with Crippen LogP contribution in [-0.4, -0.2) is 113 Å². The monoisotopic (exact) mass is 1150 g/mol. The number of esters is 10. The van der Waals surface area contributed by atoms with Crippen molar-refractivity contribution in [3.05, 3.63) is 72.8 Å². The first-order chi connectivity index (χ1) is 39.6. The fourth-order valence-electron chi connectivity index (χ4n) is 9.48. The maximum absolute atomic E-state index is 13.6. The maximum Gasteiger partial charge on any atom is 0.342 e. The molecule has 0 aromatic heterocycles. The lowest BCUT2D eigenvalue weighted by Gasteiger charge is -2.26. The number of hydrogen-bond acceptors (Lipinski definition) is 21. The molecule has 0 radical (unpaired) electrons. The van der Waals surface area contributed by atoms with Crippen LogP contribution in [0.3, 0.4) is 0 Å².